The fraction of sp³-hybridized carbons (Fsp3) is 0.750. The van der Waals surface area contributed by atoms with Gasteiger partial charge >= 0.3 is 5.97 Å². The smallest absolute Gasteiger partial charge is 0.305 e. The Bertz CT molecular complexity index is 822. The van der Waals surface area contributed by atoms with Crippen LogP contribution in [0.3, 0.4) is 0 Å². The van der Waals surface area contributed by atoms with Gasteiger partial charge in [0.25, 0.3) is 11.4 Å². The number of unbranched alkanes of at least 4 members (excludes halogenated alkanes) is 12. The zero-order chi connectivity index (χ0) is 28.6. The lowest BCUT2D eigenvalue weighted by Crippen LogP contribution is -2.15. The number of nitro groups is 2. The quantitative estimate of drug-likeness (QED) is 0.0556. The van der Waals surface area contributed by atoms with E-state index in [9.17, 15) is 25.0 Å². The lowest BCUT2D eigenvalue weighted by Gasteiger charge is -2.09. The summed E-state index contributed by atoms with van der Waals surface area (Å²) in [5.41, 5.74) is -0.520. The second-order valence-electron chi connectivity index (χ2n) is 9.58. The number of benzene rings is 1. The van der Waals surface area contributed by atoms with Gasteiger partial charge in [-0.15, -0.1) is 0 Å². The van der Waals surface area contributed by atoms with Gasteiger partial charge in [-0.2, -0.15) is 0 Å². The van der Waals surface area contributed by atoms with Crippen molar-refractivity contribution in [3.8, 4) is 0 Å². The molecule has 0 heterocycles. The van der Waals surface area contributed by atoms with E-state index in [0.29, 0.717) is 26.2 Å². The van der Waals surface area contributed by atoms with Gasteiger partial charge in [0.05, 0.1) is 42.3 Å². The predicted octanol–water partition coefficient (Wildman–Crippen LogP) is 6.97. The maximum absolute atomic E-state index is 11.8. The number of carbonyl (C=O) groups excluding carboxylic acids is 1. The number of non-ortho nitro benzene ring substituents is 1. The molecule has 39 heavy (non-hydrogen) atoms. The monoisotopic (exact) mass is 553 g/mol. The number of nitrogens with zero attached hydrogens (tertiary/aromatic N) is 2. The summed E-state index contributed by atoms with van der Waals surface area (Å²) in [6, 6.07) is 3.43. The molecule has 0 saturated heterocycles. The summed E-state index contributed by atoms with van der Waals surface area (Å²) in [6.45, 7) is 3.95. The Balaban J connectivity index is 1.89. The molecular formula is C28H47N3O8. The minimum Gasteiger partial charge on any atom is -0.463 e. The number of hydrogen-bond donors (Lipinski definition) is 1. The number of anilines is 1. The summed E-state index contributed by atoms with van der Waals surface area (Å²) in [5.74, 6) is -0.190. The van der Waals surface area contributed by atoms with Crippen molar-refractivity contribution in [3.05, 3.63) is 38.4 Å². The molecule has 1 aromatic carbocycles. The van der Waals surface area contributed by atoms with E-state index < -0.39 is 9.85 Å². The maximum Gasteiger partial charge on any atom is 0.305 e. The molecule has 1 rings (SSSR count). The zero-order valence-electron chi connectivity index (χ0n) is 23.5. The largest absolute Gasteiger partial charge is 0.463 e. The molecule has 11 heteroatoms. The second kappa shape index (κ2) is 23.1. The molecule has 0 unspecified atom stereocenters. The molecule has 0 aliphatic carbocycles. The molecule has 0 fully saturated rings. The highest BCUT2D eigenvalue weighted by Crippen LogP contribution is 2.28. The highest BCUT2D eigenvalue weighted by Gasteiger charge is 2.19. The molecule has 11 nitrogen and oxygen atoms in total. The minimum atomic E-state index is -0.679. The highest BCUT2D eigenvalue weighted by molar-refractivity contribution is 5.69. The van der Waals surface area contributed by atoms with Gasteiger partial charge in [0, 0.05) is 19.0 Å². The van der Waals surface area contributed by atoms with Crippen LogP contribution in [0.25, 0.3) is 0 Å². The normalized spacial score (nSPS) is 10.9. The van der Waals surface area contributed by atoms with Crippen LogP contribution in [0, 0.1) is 20.2 Å². The Kier molecular flexibility index (Phi) is 20.3. The Morgan fingerprint density at radius 3 is 1.85 bits per heavy atom. The van der Waals surface area contributed by atoms with E-state index in [4.69, 9.17) is 14.2 Å². The summed E-state index contributed by atoms with van der Waals surface area (Å²) in [4.78, 5) is 32.4. The van der Waals surface area contributed by atoms with Crippen molar-refractivity contribution in [2.75, 3.05) is 44.9 Å². The van der Waals surface area contributed by atoms with E-state index >= 15 is 0 Å². The molecule has 0 radical (unpaired) electrons. The van der Waals surface area contributed by atoms with Crippen molar-refractivity contribution >= 4 is 23.0 Å². The number of nitro benzene ring substituents is 2. The van der Waals surface area contributed by atoms with Crippen LogP contribution in [-0.4, -0.2) is 55.4 Å². The topological polar surface area (TPSA) is 143 Å². The first kappa shape index (κ1) is 34.2. The summed E-state index contributed by atoms with van der Waals surface area (Å²) in [6.07, 6.45) is 16.9. The van der Waals surface area contributed by atoms with E-state index in [2.05, 4.69) is 12.2 Å². The minimum absolute atomic E-state index is 0.186. The molecule has 0 saturated carbocycles. The standard InChI is InChI=1S/C28H47N3O8/c1-2-3-4-5-6-7-8-9-10-11-12-13-14-15-28(32)39-23-22-38-21-20-37-19-18-29-26-17-16-25(30(33)34)24-27(26)31(35)36/h16-17,24,29H,2-15,18-23H2,1H3. The van der Waals surface area contributed by atoms with Gasteiger partial charge in [-0.05, 0) is 12.5 Å². The number of nitrogens with one attached hydrogen (secondary N) is 1. The third kappa shape index (κ3) is 18.2. The van der Waals surface area contributed by atoms with Crippen molar-refractivity contribution in [1.29, 1.82) is 0 Å². The van der Waals surface area contributed by atoms with Gasteiger partial charge in [-0.25, -0.2) is 0 Å². The Labute approximate surface area is 232 Å². The van der Waals surface area contributed by atoms with Crippen LogP contribution in [-0.2, 0) is 19.0 Å². The van der Waals surface area contributed by atoms with Crippen LogP contribution < -0.4 is 5.32 Å². The summed E-state index contributed by atoms with van der Waals surface area (Å²) in [7, 11) is 0. The van der Waals surface area contributed by atoms with Crippen molar-refractivity contribution in [2.24, 2.45) is 0 Å². The SMILES string of the molecule is CCCCCCCCCCCCCCCC(=O)OCCOCCOCCNc1ccc([N+](=O)[O-])cc1[N+](=O)[O-]. The number of esters is 1. The van der Waals surface area contributed by atoms with Crippen LogP contribution in [0.5, 0.6) is 0 Å². The molecule has 0 amide bonds. The summed E-state index contributed by atoms with van der Waals surface area (Å²) >= 11 is 0. The summed E-state index contributed by atoms with van der Waals surface area (Å²) < 4.78 is 16.0. The second-order valence-corrected chi connectivity index (χ2v) is 9.58. The zero-order valence-corrected chi connectivity index (χ0v) is 23.5. The van der Waals surface area contributed by atoms with Gasteiger partial charge in [0.15, 0.2) is 0 Å². The fourth-order valence-electron chi connectivity index (χ4n) is 4.09. The fourth-order valence-corrected chi connectivity index (χ4v) is 4.09. The van der Waals surface area contributed by atoms with Gasteiger partial charge in [0.1, 0.15) is 12.3 Å². The summed E-state index contributed by atoms with van der Waals surface area (Å²) in [5, 5.41) is 24.7. The average Bonchev–Trinajstić information content (AvgIpc) is 2.92. The third-order valence-corrected chi connectivity index (χ3v) is 6.30. The van der Waals surface area contributed by atoms with Crippen LogP contribution in [0.4, 0.5) is 17.1 Å². The average molecular weight is 554 g/mol. The van der Waals surface area contributed by atoms with E-state index in [1.165, 1.54) is 82.8 Å². The van der Waals surface area contributed by atoms with Crippen molar-refractivity contribution in [2.45, 2.75) is 96.8 Å². The lowest BCUT2D eigenvalue weighted by atomic mass is 10.0. The van der Waals surface area contributed by atoms with E-state index in [-0.39, 0.29) is 42.8 Å². The van der Waals surface area contributed by atoms with Crippen LogP contribution in [0.1, 0.15) is 96.8 Å². The Hall–Kier alpha value is -2.79. The Morgan fingerprint density at radius 2 is 1.28 bits per heavy atom. The lowest BCUT2D eigenvalue weighted by molar-refractivity contribution is -0.393. The van der Waals surface area contributed by atoms with Gasteiger partial charge in [-0.3, -0.25) is 25.0 Å². The van der Waals surface area contributed by atoms with Crippen LogP contribution in [0.15, 0.2) is 18.2 Å². The molecule has 222 valence electrons. The predicted molar refractivity (Wildman–Crippen MR) is 151 cm³/mol. The van der Waals surface area contributed by atoms with E-state index in [1.807, 2.05) is 0 Å². The van der Waals surface area contributed by atoms with Crippen molar-refractivity contribution in [3.63, 3.8) is 0 Å². The third-order valence-electron chi connectivity index (χ3n) is 6.30. The van der Waals surface area contributed by atoms with Crippen LogP contribution >= 0.6 is 0 Å². The van der Waals surface area contributed by atoms with Crippen LogP contribution in [0.2, 0.25) is 0 Å². The molecule has 0 aromatic heterocycles. The Morgan fingerprint density at radius 1 is 0.744 bits per heavy atom. The molecule has 0 aliphatic heterocycles. The van der Waals surface area contributed by atoms with Gasteiger partial charge < -0.3 is 19.5 Å². The number of hydrogen-bond acceptors (Lipinski definition) is 9. The number of ether oxygens (including phenoxy) is 3. The molecule has 0 atom stereocenters. The molecule has 1 N–H and O–H groups in total. The molecule has 1 aromatic rings. The molecule has 0 spiro atoms. The van der Waals surface area contributed by atoms with Gasteiger partial charge in [0.2, 0.25) is 0 Å². The molecule has 0 bridgehead atoms. The van der Waals surface area contributed by atoms with E-state index in [0.717, 1.165) is 18.9 Å². The first-order chi connectivity index (χ1) is 19.0. The first-order valence-corrected chi connectivity index (χ1v) is 14.4. The van der Waals surface area contributed by atoms with E-state index in [1.54, 1.807) is 0 Å². The molecule has 0 aliphatic rings. The van der Waals surface area contributed by atoms with Crippen molar-refractivity contribution < 1.29 is 28.9 Å². The number of rotatable bonds is 26. The molecular weight excluding hydrogens is 506 g/mol. The number of carbonyl (C=O) groups is 1. The first-order valence-electron chi connectivity index (χ1n) is 14.4. The highest BCUT2D eigenvalue weighted by atomic mass is 16.6. The van der Waals surface area contributed by atoms with Crippen molar-refractivity contribution in [1.82, 2.24) is 0 Å². The van der Waals surface area contributed by atoms with Gasteiger partial charge in [-0.1, -0.05) is 84.0 Å². The maximum atomic E-state index is 11.8.